The number of carbonyl (C=O) groups is 2. The fraction of sp³-hybridized carbons (Fsp3) is 0.308. The highest BCUT2D eigenvalue weighted by Crippen LogP contribution is 2.36. The minimum Gasteiger partial charge on any atom is -0.494 e. The summed E-state index contributed by atoms with van der Waals surface area (Å²) in [5, 5.41) is 5.62. The van der Waals surface area contributed by atoms with Gasteiger partial charge in [-0.3, -0.25) is 9.59 Å². The van der Waals surface area contributed by atoms with Crippen molar-refractivity contribution in [1.82, 2.24) is 5.32 Å². The molecule has 4 rings (SSSR count). The van der Waals surface area contributed by atoms with E-state index in [0.29, 0.717) is 23.9 Å². The molecule has 3 aromatic rings. The molecule has 184 valence electrons. The highest BCUT2D eigenvalue weighted by Gasteiger charge is 2.23. The molecule has 0 radical (unpaired) electrons. The molecule has 35 heavy (non-hydrogen) atoms. The minimum atomic E-state index is -0.500. The molecule has 1 aromatic heterocycles. The molecule has 0 fully saturated rings. The van der Waals surface area contributed by atoms with E-state index in [9.17, 15) is 9.59 Å². The molecule has 1 unspecified atom stereocenters. The van der Waals surface area contributed by atoms with Crippen molar-refractivity contribution in [3.63, 3.8) is 0 Å². The summed E-state index contributed by atoms with van der Waals surface area (Å²) in [6.07, 6.45) is 2.30. The summed E-state index contributed by atoms with van der Waals surface area (Å²) in [7, 11) is 2.95. The maximum Gasteiger partial charge on any atom is 0.291 e. The minimum absolute atomic E-state index is 0.0939. The van der Waals surface area contributed by atoms with Crippen LogP contribution in [0.15, 0.2) is 47.1 Å². The van der Waals surface area contributed by atoms with E-state index in [1.807, 2.05) is 26.0 Å². The molecule has 0 saturated heterocycles. The van der Waals surface area contributed by atoms with Crippen LogP contribution >= 0.6 is 0 Å². The van der Waals surface area contributed by atoms with Crippen molar-refractivity contribution in [2.45, 2.75) is 32.9 Å². The van der Waals surface area contributed by atoms with Gasteiger partial charge in [-0.05, 0) is 44.2 Å². The summed E-state index contributed by atoms with van der Waals surface area (Å²) >= 11 is 0. The lowest BCUT2D eigenvalue weighted by molar-refractivity contribution is 0.0951. The van der Waals surface area contributed by atoms with Crippen LogP contribution in [0.3, 0.4) is 0 Å². The Labute approximate surface area is 203 Å². The molecule has 0 bridgehead atoms. The Bertz CT molecular complexity index is 1220. The van der Waals surface area contributed by atoms with Gasteiger partial charge in [0, 0.05) is 30.2 Å². The Balaban J connectivity index is 1.60. The van der Waals surface area contributed by atoms with E-state index in [1.165, 1.54) is 38.7 Å². The lowest BCUT2D eigenvalue weighted by atomic mass is 10.1. The van der Waals surface area contributed by atoms with Gasteiger partial charge in [0.25, 0.3) is 11.8 Å². The van der Waals surface area contributed by atoms with Crippen LogP contribution in [0.2, 0.25) is 0 Å². The number of benzene rings is 2. The zero-order chi connectivity index (χ0) is 24.9. The molecule has 0 aliphatic carbocycles. The highest BCUT2D eigenvalue weighted by atomic mass is 16.5. The molecule has 2 amide bonds. The van der Waals surface area contributed by atoms with Crippen LogP contribution < -0.4 is 29.6 Å². The van der Waals surface area contributed by atoms with Gasteiger partial charge in [-0.15, -0.1) is 0 Å². The van der Waals surface area contributed by atoms with E-state index >= 15 is 0 Å². The molecule has 9 heteroatoms. The van der Waals surface area contributed by atoms with Gasteiger partial charge < -0.3 is 34.0 Å². The third-order valence-electron chi connectivity index (χ3n) is 5.58. The SMILES string of the molecule is CCOc1cc2c(cc1CNC(=O)c1cc(OC)c(OC)cc1NC(=O)c1ccco1)OC(C)C2. The number of anilines is 1. The van der Waals surface area contributed by atoms with Crippen LogP contribution in [0.4, 0.5) is 5.69 Å². The summed E-state index contributed by atoms with van der Waals surface area (Å²) in [5.41, 5.74) is 2.32. The Kier molecular flexibility index (Phi) is 7.14. The topological polar surface area (TPSA) is 108 Å². The van der Waals surface area contributed by atoms with Gasteiger partial charge in [0.1, 0.15) is 17.6 Å². The molecule has 2 heterocycles. The van der Waals surface area contributed by atoms with Crippen molar-refractivity contribution in [2.75, 3.05) is 26.1 Å². The second-order valence-corrected chi connectivity index (χ2v) is 8.00. The van der Waals surface area contributed by atoms with E-state index in [0.717, 1.165) is 23.3 Å². The van der Waals surface area contributed by atoms with Crippen LogP contribution in [-0.4, -0.2) is 38.7 Å². The summed E-state index contributed by atoms with van der Waals surface area (Å²) in [6.45, 7) is 4.61. The molecule has 0 spiro atoms. The van der Waals surface area contributed by atoms with Crippen LogP contribution in [-0.2, 0) is 13.0 Å². The fourth-order valence-electron chi connectivity index (χ4n) is 3.94. The summed E-state index contributed by atoms with van der Waals surface area (Å²) in [5.74, 6) is 1.40. The van der Waals surface area contributed by atoms with Crippen LogP contribution in [0.1, 0.15) is 45.9 Å². The summed E-state index contributed by atoms with van der Waals surface area (Å²) in [4.78, 5) is 25.9. The van der Waals surface area contributed by atoms with Crippen molar-refractivity contribution in [3.8, 4) is 23.0 Å². The average Bonchev–Trinajstić information content (AvgIpc) is 3.51. The third-order valence-corrected chi connectivity index (χ3v) is 5.58. The Morgan fingerprint density at radius 3 is 2.51 bits per heavy atom. The van der Waals surface area contributed by atoms with Crippen molar-refractivity contribution >= 4 is 17.5 Å². The Morgan fingerprint density at radius 1 is 1.06 bits per heavy atom. The number of fused-ring (bicyclic) bond motifs is 1. The first kappa shape index (κ1) is 24.0. The molecule has 1 aliphatic rings. The standard InChI is InChI=1S/C26H28N2O7/c1-5-33-21-10-16-9-15(2)35-22(16)11-17(21)14-27-25(29)18-12-23(31-3)24(32-4)13-19(18)28-26(30)20-7-6-8-34-20/h6-8,10-13,15H,5,9,14H2,1-4H3,(H,27,29)(H,28,30). The van der Waals surface area contributed by atoms with E-state index in [1.54, 1.807) is 6.07 Å². The third kappa shape index (κ3) is 5.18. The Morgan fingerprint density at radius 2 is 1.83 bits per heavy atom. The normalized spacial score (nSPS) is 14.0. The van der Waals surface area contributed by atoms with Crippen LogP contribution in [0, 0.1) is 0 Å². The first-order chi connectivity index (χ1) is 16.9. The number of nitrogens with one attached hydrogen (secondary N) is 2. The predicted molar refractivity (Wildman–Crippen MR) is 129 cm³/mol. The average molecular weight is 481 g/mol. The predicted octanol–water partition coefficient (Wildman–Crippen LogP) is 4.20. The van der Waals surface area contributed by atoms with Gasteiger partial charge in [-0.1, -0.05) is 0 Å². The van der Waals surface area contributed by atoms with Crippen LogP contribution in [0.5, 0.6) is 23.0 Å². The summed E-state index contributed by atoms with van der Waals surface area (Å²) < 4.78 is 27.5. The number of carbonyl (C=O) groups excluding carboxylic acids is 2. The number of furan rings is 1. The van der Waals surface area contributed by atoms with Gasteiger partial charge in [-0.25, -0.2) is 0 Å². The van der Waals surface area contributed by atoms with Gasteiger partial charge in [0.15, 0.2) is 17.3 Å². The second kappa shape index (κ2) is 10.4. The van der Waals surface area contributed by atoms with Crippen LogP contribution in [0.25, 0.3) is 0 Å². The fourth-order valence-corrected chi connectivity index (χ4v) is 3.94. The maximum absolute atomic E-state index is 13.3. The van der Waals surface area contributed by atoms with E-state index < -0.39 is 11.8 Å². The van der Waals surface area contributed by atoms with Crippen molar-refractivity contribution in [1.29, 1.82) is 0 Å². The quantitative estimate of drug-likeness (QED) is 0.472. The zero-order valence-electron chi connectivity index (χ0n) is 20.1. The van der Waals surface area contributed by atoms with E-state index in [4.69, 9.17) is 23.4 Å². The lowest BCUT2D eigenvalue weighted by Gasteiger charge is -2.16. The van der Waals surface area contributed by atoms with Gasteiger partial charge in [-0.2, -0.15) is 0 Å². The largest absolute Gasteiger partial charge is 0.494 e. The first-order valence-electron chi connectivity index (χ1n) is 11.3. The van der Waals surface area contributed by atoms with Crippen molar-refractivity contribution in [3.05, 3.63) is 65.1 Å². The number of methoxy groups -OCH3 is 2. The number of hydrogen-bond acceptors (Lipinski definition) is 7. The molecule has 0 saturated carbocycles. The molecule has 2 N–H and O–H groups in total. The van der Waals surface area contributed by atoms with Gasteiger partial charge >= 0.3 is 0 Å². The van der Waals surface area contributed by atoms with E-state index in [2.05, 4.69) is 10.6 Å². The number of hydrogen-bond donors (Lipinski definition) is 2. The Hall–Kier alpha value is -4.14. The van der Waals surface area contributed by atoms with Crippen molar-refractivity contribution < 1.29 is 33.0 Å². The van der Waals surface area contributed by atoms with E-state index in [-0.39, 0.29) is 29.7 Å². The molecule has 9 nitrogen and oxygen atoms in total. The second-order valence-electron chi connectivity index (χ2n) is 8.00. The molecule has 2 aromatic carbocycles. The number of ether oxygens (including phenoxy) is 4. The van der Waals surface area contributed by atoms with Crippen molar-refractivity contribution in [2.24, 2.45) is 0 Å². The smallest absolute Gasteiger partial charge is 0.291 e. The zero-order valence-corrected chi connectivity index (χ0v) is 20.1. The highest BCUT2D eigenvalue weighted by molar-refractivity contribution is 6.08. The number of rotatable bonds is 9. The monoisotopic (exact) mass is 480 g/mol. The molecule has 1 atom stereocenters. The number of amides is 2. The molecule has 1 aliphatic heterocycles. The molecular formula is C26H28N2O7. The maximum atomic E-state index is 13.3. The van der Waals surface area contributed by atoms with Gasteiger partial charge in [0.2, 0.25) is 0 Å². The summed E-state index contributed by atoms with van der Waals surface area (Å²) in [6, 6.07) is 10.1. The molecular weight excluding hydrogens is 452 g/mol. The van der Waals surface area contributed by atoms with Gasteiger partial charge in [0.05, 0.1) is 38.3 Å². The lowest BCUT2D eigenvalue weighted by Crippen LogP contribution is -2.25. The first-order valence-corrected chi connectivity index (χ1v) is 11.3.